The number of piperidine rings is 1. The maximum Gasteiger partial charge on any atom is 0.417 e. The molecule has 0 atom stereocenters. The Labute approximate surface area is 185 Å². The average molecular weight is 452 g/mol. The van der Waals surface area contributed by atoms with Crippen molar-refractivity contribution in [3.8, 4) is 11.5 Å². The van der Waals surface area contributed by atoms with Gasteiger partial charge in [0.15, 0.2) is 5.75 Å². The standard InChI is InChI=1S/C22H23Cl2NO5/c1-15-12-19(23)21(20(24)13-15)29-11-10-28-18-4-2-16(3-5-18)17-6-8-25(9-7-17)22(27)30-14-26/h2-5,12-14,17H,6-11H2,1H3. The molecule has 1 heterocycles. The van der Waals surface area contributed by atoms with Crippen molar-refractivity contribution in [3.05, 3.63) is 57.6 Å². The van der Waals surface area contributed by atoms with Gasteiger partial charge in [0.05, 0.1) is 10.0 Å². The molecule has 0 spiro atoms. The number of rotatable bonds is 7. The Kier molecular flexibility index (Phi) is 7.82. The molecule has 0 N–H and O–H groups in total. The zero-order valence-electron chi connectivity index (χ0n) is 16.6. The van der Waals surface area contributed by atoms with E-state index in [-0.39, 0.29) is 6.47 Å². The minimum Gasteiger partial charge on any atom is -0.490 e. The molecule has 0 aliphatic carbocycles. The molecule has 1 amide bonds. The highest BCUT2D eigenvalue weighted by molar-refractivity contribution is 6.37. The second-order valence-electron chi connectivity index (χ2n) is 7.06. The van der Waals surface area contributed by atoms with Crippen molar-refractivity contribution >= 4 is 35.8 Å². The van der Waals surface area contributed by atoms with Crippen LogP contribution in [-0.2, 0) is 9.53 Å². The molecule has 8 heteroatoms. The van der Waals surface area contributed by atoms with Gasteiger partial charge in [-0.1, -0.05) is 35.3 Å². The number of hydrogen-bond acceptors (Lipinski definition) is 5. The quantitative estimate of drug-likeness (QED) is 0.327. The van der Waals surface area contributed by atoms with Crippen molar-refractivity contribution in [2.75, 3.05) is 26.3 Å². The molecule has 0 unspecified atom stereocenters. The van der Waals surface area contributed by atoms with E-state index >= 15 is 0 Å². The van der Waals surface area contributed by atoms with E-state index in [9.17, 15) is 9.59 Å². The molecule has 30 heavy (non-hydrogen) atoms. The maximum absolute atomic E-state index is 11.6. The number of aryl methyl sites for hydroxylation is 1. The van der Waals surface area contributed by atoms with E-state index < -0.39 is 6.09 Å². The molecule has 1 fully saturated rings. The van der Waals surface area contributed by atoms with Crippen LogP contribution < -0.4 is 9.47 Å². The minimum absolute atomic E-state index is 0.169. The Bertz CT molecular complexity index is 857. The van der Waals surface area contributed by atoms with Gasteiger partial charge in [0.25, 0.3) is 0 Å². The lowest BCUT2D eigenvalue weighted by atomic mass is 9.89. The Morgan fingerprint density at radius 3 is 2.27 bits per heavy atom. The first-order valence-corrected chi connectivity index (χ1v) is 10.4. The SMILES string of the molecule is Cc1cc(Cl)c(OCCOc2ccc(C3CCN(C(=O)OC=O)CC3)cc2)c(Cl)c1. The first-order valence-electron chi connectivity index (χ1n) is 9.68. The summed E-state index contributed by atoms with van der Waals surface area (Å²) in [6.07, 6.45) is 1.06. The molecule has 1 aliphatic rings. The number of carbonyl (C=O) groups excluding carboxylic acids is 2. The van der Waals surface area contributed by atoms with Gasteiger partial charge >= 0.3 is 12.6 Å². The summed E-state index contributed by atoms with van der Waals surface area (Å²) >= 11 is 12.3. The van der Waals surface area contributed by atoms with Gasteiger partial charge in [-0.2, -0.15) is 0 Å². The summed E-state index contributed by atoms with van der Waals surface area (Å²) < 4.78 is 15.8. The number of benzene rings is 2. The second kappa shape index (κ2) is 10.5. The lowest BCUT2D eigenvalue weighted by molar-refractivity contribution is -0.124. The van der Waals surface area contributed by atoms with Crippen LogP contribution >= 0.6 is 23.2 Å². The molecular formula is C22H23Cl2NO5. The van der Waals surface area contributed by atoms with Crippen molar-refractivity contribution in [2.24, 2.45) is 0 Å². The average Bonchev–Trinajstić information content (AvgIpc) is 2.73. The monoisotopic (exact) mass is 451 g/mol. The molecule has 0 bridgehead atoms. The van der Waals surface area contributed by atoms with E-state index in [4.69, 9.17) is 32.7 Å². The Hall–Kier alpha value is -2.44. The lowest BCUT2D eigenvalue weighted by Crippen LogP contribution is -2.38. The summed E-state index contributed by atoms with van der Waals surface area (Å²) in [5.74, 6) is 1.56. The largest absolute Gasteiger partial charge is 0.490 e. The fraction of sp³-hybridized carbons (Fsp3) is 0.364. The van der Waals surface area contributed by atoms with Gasteiger partial charge in [-0.15, -0.1) is 0 Å². The zero-order chi connectivity index (χ0) is 21.5. The smallest absolute Gasteiger partial charge is 0.417 e. The summed E-state index contributed by atoms with van der Waals surface area (Å²) in [6.45, 7) is 3.90. The van der Waals surface area contributed by atoms with Gasteiger partial charge in [-0.05, 0) is 61.1 Å². The third-order valence-corrected chi connectivity index (χ3v) is 5.56. The van der Waals surface area contributed by atoms with E-state index in [0.717, 1.165) is 24.2 Å². The molecule has 1 aliphatic heterocycles. The fourth-order valence-corrected chi connectivity index (χ4v) is 4.18. The van der Waals surface area contributed by atoms with Crippen molar-refractivity contribution in [3.63, 3.8) is 0 Å². The van der Waals surface area contributed by atoms with Gasteiger partial charge in [-0.3, -0.25) is 4.79 Å². The topological polar surface area (TPSA) is 65.1 Å². The van der Waals surface area contributed by atoms with Gasteiger partial charge in [0, 0.05) is 13.1 Å². The van der Waals surface area contributed by atoms with Crippen molar-refractivity contribution in [1.29, 1.82) is 0 Å². The number of ether oxygens (including phenoxy) is 3. The number of amides is 1. The van der Waals surface area contributed by atoms with Crippen molar-refractivity contribution in [2.45, 2.75) is 25.7 Å². The van der Waals surface area contributed by atoms with Crippen LogP contribution in [-0.4, -0.2) is 43.8 Å². The highest BCUT2D eigenvalue weighted by atomic mass is 35.5. The predicted octanol–water partition coefficient (Wildman–Crippen LogP) is 5.23. The van der Waals surface area contributed by atoms with Crippen LogP contribution in [0.25, 0.3) is 0 Å². The van der Waals surface area contributed by atoms with Crippen LogP contribution in [0.3, 0.4) is 0 Å². The normalized spacial score (nSPS) is 14.3. The van der Waals surface area contributed by atoms with Gasteiger partial charge in [-0.25, -0.2) is 4.79 Å². The third-order valence-electron chi connectivity index (χ3n) is 4.99. The molecule has 0 saturated carbocycles. The minimum atomic E-state index is -0.581. The summed E-state index contributed by atoms with van der Waals surface area (Å²) in [6, 6.07) is 11.5. The summed E-state index contributed by atoms with van der Waals surface area (Å²) in [5, 5.41) is 0.963. The number of hydrogen-bond donors (Lipinski definition) is 0. The van der Waals surface area contributed by atoms with Crippen LogP contribution in [0.1, 0.15) is 29.9 Å². The van der Waals surface area contributed by atoms with E-state index in [1.54, 1.807) is 17.0 Å². The van der Waals surface area contributed by atoms with Crippen LogP contribution in [0.4, 0.5) is 4.79 Å². The number of halogens is 2. The Balaban J connectivity index is 1.44. The van der Waals surface area contributed by atoms with Crippen LogP contribution in [0.2, 0.25) is 10.0 Å². The lowest BCUT2D eigenvalue weighted by Gasteiger charge is -2.30. The van der Waals surface area contributed by atoms with Gasteiger partial charge in [0.2, 0.25) is 0 Å². The Morgan fingerprint density at radius 1 is 1.07 bits per heavy atom. The molecule has 0 radical (unpaired) electrons. The summed E-state index contributed by atoms with van der Waals surface area (Å²) in [7, 11) is 0. The molecule has 0 aromatic heterocycles. The molecule has 160 valence electrons. The predicted molar refractivity (Wildman–Crippen MR) is 115 cm³/mol. The number of likely N-dealkylation sites (tertiary alicyclic amines) is 1. The second-order valence-corrected chi connectivity index (χ2v) is 7.88. The van der Waals surface area contributed by atoms with E-state index in [2.05, 4.69) is 4.74 Å². The van der Waals surface area contributed by atoms with Gasteiger partial charge in [0.1, 0.15) is 19.0 Å². The molecule has 3 rings (SSSR count). The Morgan fingerprint density at radius 2 is 1.67 bits per heavy atom. The van der Waals surface area contributed by atoms with Crippen molar-refractivity contribution < 1.29 is 23.8 Å². The highest BCUT2D eigenvalue weighted by Crippen LogP contribution is 2.34. The fourth-order valence-electron chi connectivity index (χ4n) is 3.48. The van der Waals surface area contributed by atoms with Crippen LogP contribution in [0, 0.1) is 6.92 Å². The van der Waals surface area contributed by atoms with Crippen LogP contribution in [0.5, 0.6) is 11.5 Å². The molecule has 2 aromatic carbocycles. The molecule has 6 nitrogen and oxygen atoms in total. The number of nitrogens with zero attached hydrogens (tertiary/aromatic N) is 1. The van der Waals surface area contributed by atoms with Gasteiger partial charge < -0.3 is 19.1 Å². The molecule has 2 aromatic rings. The first kappa shape index (κ1) is 22.2. The highest BCUT2D eigenvalue weighted by Gasteiger charge is 2.24. The van der Waals surface area contributed by atoms with Crippen molar-refractivity contribution in [1.82, 2.24) is 4.90 Å². The summed E-state index contributed by atoms with van der Waals surface area (Å²) in [4.78, 5) is 23.4. The zero-order valence-corrected chi connectivity index (χ0v) is 18.1. The maximum atomic E-state index is 11.6. The first-order chi connectivity index (χ1) is 14.5. The van der Waals surface area contributed by atoms with E-state index in [1.165, 1.54) is 5.56 Å². The number of carbonyl (C=O) groups is 2. The summed E-state index contributed by atoms with van der Waals surface area (Å²) in [5.41, 5.74) is 2.17. The van der Waals surface area contributed by atoms with Crippen LogP contribution in [0.15, 0.2) is 36.4 Å². The van der Waals surface area contributed by atoms with E-state index in [0.29, 0.717) is 48.0 Å². The molecular weight excluding hydrogens is 429 g/mol. The third kappa shape index (κ3) is 5.80. The molecule has 1 saturated heterocycles. The van der Waals surface area contributed by atoms with E-state index in [1.807, 2.05) is 31.2 Å².